The molecule has 12 heteroatoms. The minimum absolute atomic E-state index is 0. The summed E-state index contributed by atoms with van der Waals surface area (Å²) in [6.45, 7) is 36.2. The summed E-state index contributed by atoms with van der Waals surface area (Å²) >= 11 is 0. The third-order valence-corrected chi connectivity index (χ3v) is 24.9. The molecule has 1 aromatic rings. The summed E-state index contributed by atoms with van der Waals surface area (Å²) in [7, 11) is 0. The minimum atomic E-state index is -0.275. The molecule has 0 amide bonds. The summed E-state index contributed by atoms with van der Waals surface area (Å²) in [4.78, 5) is 69.7. The molecule has 0 saturated heterocycles. The van der Waals surface area contributed by atoms with Gasteiger partial charge in [0.2, 0.25) is 0 Å². The van der Waals surface area contributed by atoms with Crippen molar-refractivity contribution < 1.29 is 57.2 Å². The Hall–Kier alpha value is -5.26. The molecule has 7 aliphatic carbocycles. The lowest BCUT2D eigenvalue weighted by molar-refractivity contribution is -0.148. The first-order valence-electron chi connectivity index (χ1n) is 41.3. The molecule has 7 fully saturated rings. The van der Waals surface area contributed by atoms with E-state index in [1.165, 1.54) is 205 Å². The molecular formula is C109H218O12. The average Bonchev–Trinajstić information content (AvgIpc) is 0.838. The van der Waals surface area contributed by atoms with Crippen molar-refractivity contribution in [2.75, 3.05) is 39.6 Å². The highest BCUT2D eigenvalue weighted by atomic mass is 16.6. The van der Waals surface area contributed by atoms with Crippen molar-refractivity contribution in [3.8, 4) is 0 Å². The van der Waals surface area contributed by atoms with E-state index in [9.17, 15) is 28.8 Å². The topological polar surface area (TPSA) is 158 Å². The van der Waals surface area contributed by atoms with Gasteiger partial charge in [0.05, 0.1) is 45.6 Å². The van der Waals surface area contributed by atoms with E-state index >= 15 is 0 Å². The molecule has 726 valence electrons. The molecule has 0 spiro atoms. The van der Waals surface area contributed by atoms with Gasteiger partial charge in [0.25, 0.3) is 0 Å². The fourth-order valence-electron chi connectivity index (χ4n) is 17.8. The Balaban J connectivity index is -0.000000119. The Labute approximate surface area is 759 Å². The number of ether oxygens (including phenoxy) is 6. The number of hydrogen-bond donors (Lipinski definition) is 0. The fraction of sp³-hybridized carbons (Fsp3) is 0.798. The zero-order chi connectivity index (χ0) is 73.9. The van der Waals surface area contributed by atoms with E-state index < -0.39 is 0 Å². The van der Waals surface area contributed by atoms with Crippen molar-refractivity contribution in [3.63, 3.8) is 0 Å². The van der Waals surface area contributed by atoms with Crippen molar-refractivity contribution in [2.24, 2.45) is 88.8 Å². The van der Waals surface area contributed by atoms with Crippen molar-refractivity contribution in [1.82, 2.24) is 0 Å². The maximum Gasteiger partial charge on any atom is 0.333 e. The van der Waals surface area contributed by atoms with Crippen molar-refractivity contribution in [1.29, 1.82) is 0 Å². The molecule has 0 unspecified atom stereocenters. The van der Waals surface area contributed by atoms with Gasteiger partial charge < -0.3 is 28.4 Å². The van der Waals surface area contributed by atoms with Gasteiger partial charge in [-0.25, -0.2) is 24.0 Å². The Morgan fingerprint density at radius 1 is 0.273 bits per heavy atom. The van der Waals surface area contributed by atoms with Gasteiger partial charge in [-0.2, -0.15) is 0 Å². The van der Waals surface area contributed by atoms with Crippen LogP contribution in [-0.2, 0) is 76.5 Å². The van der Waals surface area contributed by atoms with Gasteiger partial charge in [-0.05, 0) is 243 Å². The van der Waals surface area contributed by atoms with E-state index in [1.807, 2.05) is 13.8 Å². The van der Waals surface area contributed by atoms with Crippen LogP contribution in [0.3, 0.4) is 0 Å². The van der Waals surface area contributed by atoms with Crippen molar-refractivity contribution >= 4 is 35.8 Å². The van der Waals surface area contributed by atoms with E-state index in [-0.39, 0.29) is 183 Å². The lowest BCUT2D eigenvalue weighted by atomic mass is 9.72. The van der Waals surface area contributed by atoms with Gasteiger partial charge in [0.15, 0.2) is 0 Å². The first-order valence-corrected chi connectivity index (χ1v) is 41.3. The van der Waals surface area contributed by atoms with Crippen LogP contribution in [0.25, 0.3) is 0 Å². The van der Waals surface area contributed by atoms with Crippen LogP contribution < -0.4 is 0 Å². The standard InChI is InChI=1S/C45H66O6.C25H42O4.C20H34O2.19CH4/c1-31(2)43(46)49-24-21-34-7-13-37(14-8-34)27-40-19-20-41(28-38-15-9-35(10-16-38)22-25-50-44(47)32(3)4)42(30-40)29-39-17-11-36(12-18-39)23-26-51-45(48)33(5)6;1-18(2)24(26)28-15-13-20-5-9-22(10-6-20)17-23-11-7-21(8-12-23)14-16-29-25(27)19(3)4;1-15(2)20(21)22-13-12-17-8-10-19(11-9-17)14-18-6-4-16(3)5-7-18;;;;;;;;;;;;;;;;;;;/h19-20,30,34-39H,1,3,5,7-18,21-29H2,2,4,6H3;19-23H,1,5-17H2,2-4H3;16-19H,1,4-14H2,2-3H3;19*1H4. The highest BCUT2D eigenvalue weighted by Gasteiger charge is 2.31. The summed E-state index contributed by atoms with van der Waals surface area (Å²) < 4.78 is 32.0. The van der Waals surface area contributed by atoms with E-state index in [0.29, 0.717) is 103 Å². The van der Waals surface area contributed by atoms with Gasteiger partial charge in [-0.3, -0.25) is 4.79 Å². The van der Waals surface area contributed by atoms with Crippen LogP contribution >= 0.6 is 0 Å². The minimum Gasteiger partial charge on any atom is -0.465 e. The van der Waals surface area contributed by atoms with Gasteiger partial charge in [0, 0.05) is 27.9 Å². The largest absolute Gasteiger partial charge is 0.465 e. The van der Waals surface area contributed by atoms with Crippen molar-refractivity contribution in [2.45, 2.75) is 447 Å². The second kappa shape index (κ2) is 80.6. The third kappa shape index (κ3) is 58.6. The second-order valence-corrected chi connectivity index (χ2v) is 34.3. The van der Waals surface area contributed by atoms with Crippen molar-refractivity contribution in [3.05, 3.63) is 95.6 Å². The molecule has 0 N–H and O–H groups in total. The molecule has 8 rings (SSSR count). The summed E-state index contributed by atoms with van der Waals surface area (Å²) in [6, 6.07) is 7.47. The third-order valence-electron chi connectivity index (χ3n) is 24.9. The fourth-order valence-corrected chi connectivity index (χ4v) is 17.8. The molecule has 121 heavy (non-hydrogen) atoms. The molecular weight excluding hydrogens is 1500 g/mol. The smallest absolute Gasteiger partial charge is 0.333 e. The summed E-state index contributed by atoms with van der Waals surface area (Å²) in [5.41, 5.74) is 7.03. The molecule has 0 aliphatic heterocycles. The number of esters is 6. The molecule has 12 nitrogen and oxygen atoms in total. The maximum absolute atomic E-state index is 11.8. The van der Waals surface area contributed by atoms with Gasteiger partial charge >= 0.3 is 35.8 Å². The number of carbonyl (C=O) groups is 6. The molecule has 0 radical (unpaired) electrons. The first-order chi connectivity index (χ1) is 48.8. The van der Waals surface area contributed by atoms with Gasteiger partial charge in [-0.15, -0.1) is 0 Å². The number of hydrogen-bond acceptors (Lipinski definition) is 12. The van der Waals surface area contributed by atoms with Crippen LogP contribution in [0, 0.1) is 88.8 Å². The summed E-state index contributed by atoms with van der Waals surface area (Å²) in [5, 5.41) is 0. The monoisotopic (exact) mass is 1720 g/mol. The average molecular weight is 1720 g/mol. The van der Waals surface area contributed by atoms with E-state index in [4.69, 9.17) is 28.4 Å². The summed E-state index contributed by atoms with van der Waals surface area (Å²) in [6.07, 6.45) is 48.9. The van der Waals surface area contributed by atoms with Crippen LogP contribution in [-0.4, -0.2) is 75.5 Å². The van der Waals surface area contributed by atoms with Crippen LogP contribution in [0.15, 0.2) is 79.0 Å². The zero-order valence-electron chi connectivity index (χ0n) is 65.6. The predicted octanol–water partition coefficient (Wildman–Crippen LogP) is 34.0. The maximum atomic E-state index is 11.8. The zero-order valence-corrected chi connectivity index (χ0v) is 65.6. The number of benzene rings is 1. The van der Waals surface area contributed by atoms with E-state index in [2.05, 4.69) is 58.0 Å². The molecule has 1 aromatic carbocycles. The normalized spacial score (nSPS) is 23.0. The van der Waals surface area contributed by atoms with Crippen LogP contribution in [0.2, 0.25) is 0 Å². The molecule has 7 aliphatic rings. The molecule has 0 heterocycles. The lowest BCUT2D eigenvalue weighted by Crippen LogP contribution is -2.22. The Kier molecular flexibility index (Phi) is 98.0. The first kappa shape index (κ1) is 147. The van der Waals surface area contributed by atoms with E-state index in [0.717, 1.165) is 98.7 Å². The second-order valence-electron chi connectivity index (χ2n) is 34.3. The van der Waals surface area contributed by atoms with E-state index in [1.54, 1.807) is 45.7 Å². The summed E-state index contributed by atoms with van der Waals surface area (Å²) in [5.74, 6) is 9.60. The quantitative estimate of drug-likeness (QED) is 0.0366. The SMILES string of the molecule is C.C.C.C.C.C.C.C.C.C.C.C.C.C.C.C.C.C.C.C=C(C)C(=O)OCCC1CCC(CC2CCC(C)CC2)CC1.C=C(C)C(=O)OCCC1CCC(CC2CCC(CCOC(=O)C(C)C)CC2)CC1.C=C(C)C(=O)OCCC1CCC(Cc2ccc(CC3CCC(CCOC(=O)C(=C)C)CC3)c(CC3CCC(CCOC(=O)C(=C)C)CC3)c2)CC1. The number of rotatable bonds is 34. The van der Waals surface area contributed by atoms with Crippen LogP contribution in [0.1, 0.15) is 444 Å². The molecule has 7 saturated carbocycles. The predicted molar refractivity (Wildman–Crippen MR) is 541 cm³/mol. The van der Waals surface area contributed by atoms with Gasteiger partial charge in [0.1, 0.15) is 0 Å². The Bertz CT molecular complexity index is 2750. The van der Waals surface area contributed by atoms with Crippen LogP contribution in [0.4, 0.5) is 0 Å². The molecule has 0 aromatic heterocycles. The highest BCUT2D eigenvalue weighted by molar-refractivity contribution is 5.88. The Morgan fingerprint density at radius 3 is 0.686 bits per heavy atom. The molecule has 0 atom stereocenters. The highest BCUT2D eigenvalue weighted by Crippen LogP contribution is 2.43. The van der Waals surface area contributed by atoms with Crippen LogP contribution in [0.5, 0.6) is 0 Å². The Morgan fingerprint density at radius 2 is 0.463 bits per heavy atom. The number of carbonyl (C=O) groups excluding carboxylic acids is 6. The lowest BCUT2D eigenvalue weighted by Gasteiger charge is -2.34. The molecule has 0 bridgehead atoms. The van der Waals surface area contributed by atoms with Gasteiger partial charge in [-0.1, -0.05) is 354 Å².